The van der Waals surface area contributed by atoms with Crippen molar-refractivity contribution < 1.29 is 23.9 Å². The van der Waals surface area contributed by atoms with Gasteiger partial charge in [0, 0.05) is 37.8 Å². The summed E-state index contributed by atoms with van der Waals surface area (Å²) in [6.45, 7) is 7.60. The molecular formula is C25H32BrN3O5Si. The molecule has 3 rings (SSSR count). The van der Waals surface area contributed by atoms with E-state index in [2.05, 4.69) is 46.2 Å². The molecule has 2 N–H and O–H groups in total. The first-order chi connectivity index (χ1) is 16.6. The molecule has 1 aliphatic heterocycles. The van der Waals surface area contributed by atoms with E-state index >= 15 is 0 Å². The number of nitrogens with zero attached hydrogens (tertiary/aromatic N) is 1. The zero-order chi connectivity index (χ0) is 25.6. The number of halogens is 1. The van der Waals surface area contributed by atoms with Crippen LogP contribution >= 0.6 is 15.9 Å². The van der Waals surface area contributed by atoms with Crippen LogP contribution in [0.2, 0.25) is 25.7 Å². The lowest BCUT2D eigenvalue weighted by Gasteiger charge is -2.28. The summed E-state index contributed by atoms with van der Waals surface area (Å²) in [5.74, 6) is 0.209. The van der Waals surface area contributed by atoms with Gasteiger partial charge >= 0.3 is 6.03 Å². The van der Waals surface area contributed by atoms with Crippen LogP contribution in [0.5, 0.6) is 5.75 Å². The highest BCUT2D eigenvalue weighted by atomic mass is 79.9. The van der Waals surface area contributed by atoms with Crippen LogP contribution in [-0.2, 0) is 21.6 Å². The van der Waals surface area contributed by atoms with Crippen LogP contribution in [0.1, 0.15) is 21.5 Å². The summed E-state index contributed by atoms with van der Waals surface area (Å²) in [7, 11) is 0.246. The first-order valence-electron chi connectivity index (χ1n) is 11.4. The highest BCUT2D eigenvalue weighted by molar-refractivity contribution is 9.10. The fourth-order valence-electron chi connectivity index (χ4n) is 3.78. The molecule has 3 amide bonds. The Morgan fingerprint density at radius 1 is 1.14 bits per heavy atom. The number of carbonyl (C=O) groups is 3. The minimum absolute atomic E-state index is 0.0960. The summed E-state index contributed by atoms with van der Waals surface area (Å²) in [4.78, 5) is 39.1. The van der Waals surface area contributed by atoms with Gasteiger partial charge in [-0.05, 0) is 41.4 Å². The molecule has 188 valence electrons. The molecule has 0 aromatic heterocycles. The maximum Gasteiger partial charge on any atom is 0.327 e. The quantitative estimate of drug-likeness (QED) is 0.175. The van der Waals surface area contributed by atoms with Gasteiger partial charge in [-0.15, -0.1) is 0 Å². The first kappa shape index (κ1) is 27.1. The van der Waals surface area contributed by atoms with Crippen molar-refractivity contribution in [1.29, 1.82) is 0 Å². The Morgan fingerprint density at radius 2 is 1.86 bits per heavy atom. The summed E-state index contributed by atoms with van der Waals surface area (Å²) in [5.41, 5.74) is 0.610. The van der Waals surface area contributed by atoms with Crippen LogP contribution in [0, 0.1) is 0 Å². The number of benzene rings is 2. The standard InChI is InChI=1S/C25H32BrN3O5Si/c1-33-22-10-5-18(19(13-22)15-30)14-27-16-25(20-6-8-21(26)9-7-20)23(31)29(24(32)28-25)17-34-11-12-35(2,3)4/h5-10,13,15,27H,11-12,14,16-17H2,1-4H3,(H,28,32). The lowest BCUT2D eigenvalue weighted by molar-refractivity contribution is -0.135. The Balaban J connectivity index is 1.78. The van der Waals surface area contributed by atoms with Crippen molar-refractivity contribution in [2.75, 3.05) is 27.0 Å². The number of amides is 3. The Morgan fingerprint density at radius 3 is 2.49 bits per heavy atom. The van der Waals surface area contributed by atoms with Crippen LogP contribution in [0.15, 0.2) is 46.9 Å². The molecule has 1 saturated heterocycles. The Bertz CT molecular complexity index is 1070. The zero-order valence-corrected chi connectivity index (χ0v) is 23.1. The number of hydrogen-bond donors (Lipinski definition) is 2. The summed E-state index contributed by atoms with van der Waals surface area (Å²) < 4.78 is 11.8. The van der Waals surface area contributed by atoms with Crippen molar-refractivity contribution in [1.82, 2.24) is 15.5 Å². The molecule has 10 heteroatoms. The maximum atomic E-state index is 13.6. The molecular weight excluding hydrogens is 530 g/mol. The second-order valence-corrected chi connectivity index (χ2v) is 16.2. The predicted octanol–water partition coefficient (Wildman–Crippen LogP) is 4.12. The van der Waals surface area contributed by atoms with Crippen molar-refractivity contribution >= 4 is 42.2 Å². The molecule has 1 heterocycles. The number of nitrogens with one attached hydrogen (secondary N) is 2. The van der Waals surface area contributed by atoms with E-state index in [0.717, 1.165) is 27.3 Å². The summed E-state index contributed by atoms with van der Waals surface area (Å²) >= 11 is 3.42. The highest BCUT2D eigenvalue weighted by Crippen LogP contribution is 2.30. The average molecular weight is 563 g/mol. The number of aldehydes is 1. The van der Waals surface area contributed by atoms with E-state index in [1.165, 1.54) is 0 Å². The van der Waals surface area contributed by atoms with Crippen LogP contribution in [0.4, 0.5) is 4.79 Å². The predicted molar refractivity (Wildman–Crippen MR) is 140 cm³/mol. The SMILES string of the molecule is COc1ccc(CNCC2(c3ccc(Br)cc3)NC(=O)N(COCC[Si](C)(C)C)C2=O)c(C=O)c1. The fourth-order valence-corrected chi connectivity index (χ4v) is 4.81. The van der Waals surface area contributed by atoms with E-state index in [1.54, 1.807) is 25.3 Å². The fraction of sp³-hybridized carbons (Fsp3) is 0.400. The molecule has 0 saturated carbocycles. The highest BCUT2D eigenvalue weighted by Gasteiger charge is 2.52. The topological polar surface area (TPSA) is 97.0 Å². The molecule has 0 aliphatic carbocycles. The molecule has 0 radical (unpaired) electrons. The average Bonchev–Trinajstić information content (AvgIpc) is 3.06. The lowest BCUT2D eigenvalue weighted by atomic mass is 9.89. The summed E-state index contributed by atoms with van der Waals surface area (Å²) in [6.07, 6.45) is 0.770. The molecule has 0 spiro atoms. The molecule has 35 heavy (non-hydrogen) atoms. The van der Waals surface area contributed by atoms with Crippen molar-refractivity contribution in [3.05, 3.63) is 63.6 Å². The Kier molecular flexibility index (Phi) is 8.87. The van der Waals surface area contributed by atoms with E-state index < -0.39 is 19.6 Å². The van der Waals surface area contributed by atoms with Gasteiger partial charge in [0.2, 0.25) is 0 Å². The number of hydrogen-bond acceptors (Lipinski definition) is 6. The van der Waals surface area contributed by atoms with Gasteiger partial charge < -0.3 is 20.1 Å². The van der Waals surface area contributed by atoms with Crippen molar-refractivity contribution in [2.24, 2.45) is 0 Å². The van der Waals surface area contributed by atoms with Crippen LogP contribution in [0.3, 0.4) is 0 Å². The van der Waals surface area contributed by atoms with E-state index in [-0.39, 0.29) is 19.2 Å². The third-order valence-electron chi connectivity index (χ3n) is 5.92. The molecule has 0 bridgehead atoms. The molecule has 1 fully saturated rings. The third-order valence-corrected chi connectivity index (χ3v) is 8.15. The Labute approximate surface area is 215 Å². The summed E-state index contributed by atoms with van der Waals surface area (Å²) in [6, 6.07) is 13.0. The second-order valence-electron chi connectivity index (χ2n) is 9.71. The number of carbonyl (C=O) groups excluding carboxylic acids is 3. The second kappa shape index (κ2) is 11.5. The molecule has 2 aromatic carbocycles. The largest absolute Gasteiger partial charge is 0.497 e. The van der Waals surface area contributed by atoms with Crippen LogP contribution in [0.25, 0.3) is 0 Å². The minimum Gasteiger partial charge on any atom is -0.497 e. The normalized spacial score (nSPS) is 18.0. The van der Waals surface area contributed by atoms with E-state index in [0.29, 0.717) is 30.0 Å². The van der Waals surface area contributed by atoms with E-state index in [9.17, 15) is 14.4 Å². The van der Waals surface area contributed by atoms with Crippen LogP contribution in [-0.4, -0.2) is 58.2 Å². The zero-order valence-electron chi connectivity index (χ0n) is 20.5. The molecule has 2 aromatic rings. The number of imide groups is 1. The molecule has 8 nitrogen and oxygen atoms in total. The minimum atomic E-state index is -1.30. The van der Waals surface area contributed by atoms with E-state index in [1.807, 2.05) is 24.3 Å². The number of rotatable bonds is 12. The van der Waals surface area contributed by atoms with Crippen LogP contribution < -0.4 is 15.4 Å². The van der Waals surface area contributed by atoms with Gasteiger partial charge in [0.25, 0.3) is 5.91 Å². The van der Waals surface area contributed by atoms with Gasteiger partial charge in [0.15, 0.2) is 11.8 Å². The van der Waals surface area contributed by atoms with Gasteiger partial charge in [-0.2, -0.15) is 0 Å². The maximum absolute atomic E-state index is 13.6. The van der Waals surface area contributed by atoms with Crippen molar-refractivity contribution in [2.45, 2.75) is 37.8 Å². The van der Waals surface area contributed by atoms with Gasteiger partial charge in [0.1, 0.15) is 12.5 Å². The third kappa shape index (κ3) is 6.57. The van der Waals surface area contributed by atoms with Gasteiger partial charge in [-0.1, -0.05) is 53.8 Å². The first-order valence-corrected chi connectivity index (χ1v) is 15.9. The lowest BCUT2D eigenvalue weighted by Crippen LogP contribution is -2.51. The number of urea groups is 1. The number of ether oxygens (including phenoxy) is 2. The smallest absolute Gasteiger partial charge is 0.327 e. The van der Waals surface area contributed by atoms with E-state index in [4.69, 9.17) is 9.47 Å². The van der Waals surface area contributed by atoms with Gasteiger partial charge in [0.05, 0.1) is 7.11 Å². The number of methoxy groups -OCH3 is 1. The molecule has 1 atom stereocenters. The van der Waals surface area contributed by atoms with Crippen molar-refractivity contribution in [3.63, 3.8) is 0 Å². The van der Waals surface area contributed by atoms with Gasteiger partial charge in [-0.3, -0.25) is 9.59 Å². The monoisotopic (exact) mass is 561 g/mol. The molecule has 1 unspecified atom stereocenters. The molecule has 1 aliphatic rings. The van der Waals surface area contributed by atoms with Crippen molar-refractivity contribution in [3.8, 4) is 5.75 Å². The summed E-state index contributed by atoms with van der Waals surface area (Å²) in [5, 5.41) is 6.15. The Hall–Kier alpha value is -2.53. The van der Waals surface area contributed by atoms with Gasteiger partial charge in [-0.25, -0.2) is 9.69 Å².